The number of carbonyl (C=O) groups is 5. The molecule has 0 unspecified atom stereocenters. The lowest BCUT2D eigenvalue weighted by Crippen LogP contribution is -2.57. The molecule has 0 saturated carbocycles. The number of carbonyl (C=O) groups excluding carboxylic acids is 4. The second-order valence-corrected chi connectivity index (χ2v) is 8.51. The van der Waals surface area contributed by atoms with Crippen molar-refractivity contribution in [1.29, 1.82) is 0 Å². The van der Waals surface area contributed by atoms with Gasteiger partial charge < -0.3 is 42.5 Å². The fourth-order valence-electron chi connectivity index (χ4n) is 3.26. The first kappa shape index (κ1) is 30.3. The van der Waals surface area contributed by atoms with Crippen LogP contribution in [0.15, 0.2) is 24.3 Å². The molecule has 0 fully saturated rings. The van der Waals surface area contributed by atoms with Gasteiger partial charge in [-0.05, 0) is 43.5 Å². The summed E-state index contributed by atoms with van der Waals surface area (Å²) in [7, 11) is 1.44. The van der Waals surface area contributed by atoms with Crippen molar-refractivity contribution < 1.29 is 34.2 Å². The highest BCUT2D eigenvalue weighted by Gasteiger charge is 2.31. The molecule has 1 rings (SSSR count). The van der Waals surface area contributed by atoms with E-state index >= 15 is 0 Å². The lowest BCUT2D eigenvalue weighted by molar-refractivity contribution is -0.140. The number of aliphatic hydroxyl groups excluding tert-OH is 1. The number of aliphatic hydroxyl groups is 1. The Morgan fingerprint density at radius 2 is 1.58 bits per heavy atom. The largest absolute Gasteiger partial charge is 0.481 e. The van der Waals surface area contributed by atoms with Crippen molar-refractivity contribution in [2.24, 2.45) is 11.7 Å². The number of carboxylic acids is 1. The first-order chi connectivity index (χ1) is 17.0. The van der Waals surface area contributed by atoms with Gasteiger partial charge in [0.1, 0.15) is 12.1 Å². The molecule has 0 aromatic heterocycles. The van der Waals surface area contributed by atoms with Crippen LogP contribution in [0.2, 0.25) is 0 Å². The number of primary amides is 1. The molecule has 200 valence electrons. The van der Waals surface area contributed by atoms with Crippen LogP contribution in [0.3, 0.4) is 0 Å². The Labute approximate surface area is 209 Å². The maximum Gasteiger partial charge on any atom is 0.312 e. The maximum absolute atomic E-state index is 13.1. The molecule has 0 radical (unpaired) electrons. The summed E-state index contributed by atoms with van der Waals surface area (Å²) in [4.78, 5) is 60.5. The number of anilines is 1. The van der Waals surface area contributed by atoms with Gasteiger partial charge in [0.05, 0.1) is 19.1 Å². The first-order valence-electron chi connectivity index (χ1n) is 11.5. The normalized spacial score (nSPS) is 13.2. The molecule has 1 aromatic rings. The number of nitrogens with one attached hydrogen (secondary N) is 5. The van der Waals surface area contributed by atoms with Crippen molar-refractivity contribution in [2.75, 3.05) is 18.9 Å². The quantitative estimate of drug-likeness (QED) is 0.141. The van der Waals surface area contributed by atoms with E-state index in [1.165, 1.54) is 7.05 Å². The molecule has 9 N–H and O–H groups in total. The zero-order chi connectivity index (χ0) is 27.3. The second-order valence-electron chi connectivity index (χ2n) is 8.51. The third-order valence-corrected chi connectivity index (χ3v) is 5.30. The molecule has 0 aliphatic rings. The van der Waals surface area contributed by atoms with Gasteiger partial charge in [0.2, 0.25) is 17.7 Å². The van der Waals surface area contributed by atoms with Crippen LogP contribution in [0.1, 0.15) is 38.7 Å². The van der Waals surface area contributed by atoms with Gasteiger partial charge >= 0.3 is 12.0 Å². The second kappa shape index (κ2) is 15.3. The molecule has 13 nitrogen and oxygen atoms in total. The van der Waals surface area contributed by atoms with Crippen molar-refractivity contribution in [2.45, 2.75) is 57.8 Å². The van der Waals surface area contributed by atoms with E-state index in [1.54, 1.807) is 38.1 Å². The Bertz CT molecular complexity index is 907. The van der Waals surface area contributed by atoms with Crippen LogP contribution in [0, 0.1) is 5.92 Å². The summed E-state index contributed by atoms with van der Waals surface area (Å²) in [5, 5.41) is 31.1. The van der Waals surface area contributed by atoms with Crippen LogP contribution in [-0.4, -0.2) is 71.7 Å². The van der Waals surface area contributed by atoms with E-state index in [0.717, 1.165) is 0 Å². The molecule has 0 spiro atoms. The Kier molecular flexibility index (Phi) is 12.9. The highest BCUT2D eigenvalue weighted by molar-refractivity contribution is 5.98. The van der Waals surface area contributed by atoms with Crippen LogP contribution in [0.5, 0.6) is 0 Å². The summed E-state index contributed by atoms with van der Waals surface area (Å²) in [6.07, 6.45) is 0.00906. The highest BCUT2D eigenvalue weighted by Crippen LogP contribution is 2.12. The summed E-state index contributed by atoms with van der Waals surface area (Å²) in [6, 6.07) is 2.68. The third kappa shape index (κ3) is 10.7. The van der Waals surface area contributed by atoms with Gasteiger partial charge in [0.15, 0.2) is 0 Å². The van der Waals surface area contributed by atoms with Crippen molar-refractivity contribution in [3.05, 3.63) is 29.8 Å². The van der Waals surface area contributed by atoms with Gasteiger partial charge in [0, 0.05) is 12.2 Å². The average Bonchev–Trinajstić information content (AvgIpc) is 2.82. The number of likely N-dealkylation sites (N-methyl/N-ethyl adjacent to an activating group) is 1. The van der Waals surface area contributed by atoms with E-state index < -0.39 is 54.3 Å². The van der Waals surface area contributed by atoms with Gasteiger partial charge in [-0.2, -0.15) is 0 Å². The summed E-state index contributed by atoms with van der Waals surface area (Å²) in [6.45, 7) is 3.43. The molecule has 0 saturated heterocycles. The first-order valence-corrected chi connectivity index (χ1v) is 11.5. The minimum atomic E-state index is -1.18. The standard InChI is InChI=1S/C23H36N6O7/c1-13(2)19(29-21(34)17(25-3)11-18(31)32)22(35)28-16(5-4-10-26-23(24)36)20(33)27-15-8-6-14(12-30)7-9-15/h6-9,13,16-17,19,25,30H,4-5,10-12H2,1-3H3,(H,27,33)(H,28,35)(H,29,34)(H,31,32)(H3,24,26,36)/t16-,17-,19-/m0/s1. The Morgan fingerprint density at radius 1 is 0.944 bits per heavy atom. The van der Waals surface area contributed by atoms with E-state index in [2.05, 4.69) is 26.6 Å². The minimum Gasteiger partial charge on any atom is -0.481 e. The van der Waals surface area contributed by atoms with Crippen molar-refractivity contribution in [3.63, 3.8) is 0 Å². The van der Waals surface area contributed by atoms with Gasteiger partial charge in [-0.1, -0.05) is 26.0 Å². The minimum absolute atomic E-state index is 0.150. The van der Waals surface area contributed by atoms with E-state index in [9.17, 15) is 29.1 Å². The molecule has 0 aliphatic heterocycles. The molecule has 0 heterocycles. The van der Waals surface area contributed by atoms with Gasteiger partial charge in [0.25, 0.3) is 0 Å². The topological polar surface area (TPSA) is 212 Å². The number of nitrogens with two attached hydrogens (primary N) is 1. The summed E-state index contributed by atoms with van der Waals surface area (Å²) >= 11 is 0. The summed E-state index contributed by atoms with van der Waals surface area (Å²) in [5.41, 5.74) is 6.17. The number of hydrogen-bond acceptors (Lipinski definition) is 7. The number of aliphatic carboxylic acids is 1. The highest BCUT2D eigenvalue weighted by atomic mass is 16.4. The molecular weight excluding hydrogens is 472 g/mol. The van der Waals surface area contributed by atoms with Crippen LogP contribution in [0.25, 0.3) is 0 Å². The predicted octanol–water partition coefficient (Wildman–Crippen LogP) is -0.746. The van der Waals surface area contributed by atoms with E-state index in [4.69, 9.17) is 10.8 Å². The fraction of sp³-hybridized carbons (Fsp3) is 0.522. The molecule has 0 bridgehead atoms. The SMILES string of the molecule is CN[C@@H](CC(=O)O)C(=O)N[C@H](C(=O)N[C@@H](CCCNC(N)=O)C(=O)Nc1ccc(CO)cc1)C(C)C. The Balaban J connectivity index is 2.97. The lowest BCUT2D eigenvalue weighted by atomic mass is 10.0. The summed E-state index contributed by atoms with van der Waals surface area (Å²) in [5.74, 6) is -3.36. The van der Waals surface area contributed by atoms with E-state index in [0.29, 0.717) is 17.7 Å². The van der Waals surface area contributed by atoms with Crippen LogP contribution in [0.4, 0.5) is 10.5 Å². The van der Waals surface area contributed by atoms with Crippen LogP contribution in [-0.2, 0) is 25.8 Å². The third-order valence-electron chi connectivity index (χ3n) is 5.30. The summed E-state index contributed by atoms with van der Waals surface area (Å²) < 4.78 is 0. The molecule has 3 atom stereocenters. The van der Waals surface area contributed by atoms with E-state index in [1.807, 2.05) is 0 Å². The number of benzene rings is 1. The molecule has 36 heavy (non-hydrogen) atoms. The van der Waals surface area contributed by atoms with Crippen molar-refractivity contribution in [1.82, 2.24) is 21.3 Å². The smallest absolute Gasteiger partial charge is 0.312 e. The van der Waals surface area contributed by atoms with Gasteiger partial charge in [-0.3, -0.25) is 19.2 Å². The van der Waals surface area contributed by atoms with E-state index in [-0.39, 0.29) is 25.5 Å². The molecular formula is C23H36N6O7. The van der Waals surface area contributed by atoms with Crippen LogP contribution >= 0.6 is 0 Å². The van der Waals surface area contributed by atoms with Crippen molar-refractivity contribution in [3.8, 4) is 0 Å². The molecule has 1 aromatic carbocycles. The van der Waals surface area contributed by atoms with Crippen molar-refractivity contribution >= 4 is 35.4 Å². The zero-order valence-electron chi connectivity index (χ0n) is 20.7. The Hall–Kier alpha value is -3.71. The molecule has 13 heteroatoms. The lowest BCUT2D eigenvalue weighted by Gasteiger charge is -2.26. The fourth-order valence-corrected chi connectivity index (χ4v) is 3.26. The van der Waals surface area contributed by atoms with Gasteiger partial charge in [-0.25, -0.2) is 4.79 Å². The molecule has 0 aliphatic carbocycles. The maximum atomic E-state index is 13.1. The number of carboxylic acid groups (broad SMARTS) is 1. The average molecular weight is 509 g/mol. The van der Waals surface area contributed by atoms with Gasteiger partial charge in [-0.15, -0.1) is 0 Å². The number of amides is 5. The molecule has 5 amide bonds. The Morgan fingerprint density at radius 3 is 2.08 bits per heavy atom. The number of rotatable bonds is 15. The monoisotopic (exact) mass is 508 g/mol. The predicted molar refractivity (Wildman–Crippen MR) is 132 cm³/mol. The van der Waals surface area contributed by atoms with Crippen LogP contribution < -0.4 is 32.3 Å². The zero-order valence-corrected chi connectivity index (χ0v) is 20.7. The number of hydrogen-bond donors (Lipinski definition) is 8. The number of urea groups is 1.